The van der Waals surface area contributed by atoms with Crippen LogP contribution < -0.4 is 14.8 Å². The second-order valence-corrected chi connectivity index (χ2v) is 6.95. The van der Waals surface area contributed by atoms with Gasteiger partial charge in [0.05, 0.1) is 12.8 Å². The number of methoxy groups -OCH3 is 1. The minimum atomic E-state index is 0.264. The molecule has 4 rings (SSSR count). The van der Waals surface area contributed by atoms with Crippen LogP contribution in [-0.4, -0.2) is 27.3 Å². The van der Waals surface area contributed by atoms with E-state index in [4.69, 9.17) is 9.47 Å². The SMILES string of the molecule is COc1cc(CNc2ccc(C)c(C)c2)ccc1Oc1nnnn1-c1ccccc1. The van der Waals surface area contributed by atoms with E-state index in [0.717, 1.165) is 16.9 Å². The summed E-state index contributed by atoms with van der Waals surface area (Å²) in [5.74, 6) is 1.15. The monoisotopic (exact) mass is 401 g/mol. The van der Waals surface area contributed by atoms with E-state index in [1.165, 1.54) is 15.8 Å². The lowest BCUT2D eigenvalue weighted by molar-refractivity contribution is 0.363. The maximum Gasteiger partial charge on any atom is 0.346 e. The summed E-state index contributed by atoms with van der Waals surface area (Å²) in [7, 11) is 1.61. The van der Waals surface area contributed by atoms with Crippen molar-refractivity contribution in [3.8, 4) is 23.2 Å². The van der Waals surface area contributed by atoms with Crippen molar-refractivity contribution in [1.82, 2.24) is 20.2 Å². The number of benzene rings is 3. The number of ether oxygens (including phenoxy) is 2. The molecule has 0 bridgehead atoms. The molecule has 1 N–H and O–H groups in total. The minimum absolute atomic E-state index is 0.264. The molecule has 0 radical (unpaired) electrons. The minimum Gasteiger partial charge on any atom is -0.493 e. The molecule has 3 aromatic carbocycles. The molecule has 0 unspecified atom stereocenters. The molecule has 30 heavy (non-hydrogen) atoms. The molecule has 152 valence electrons. The molecule has 7 heteroatoms. The van der Waals surface area contributed by atoms with Gasteiger partial charge in [-0.15, -0.1) is 0 Å². The first-order valence-electron chi connectivity index (χ1n) is 9.64. The molecule has 0 aliphatic carbocycles. The van der Waals surface area contributed by atoms with Gasteiger partial charge in [-0.3, -0.25) is 0 Å². The quantitative estimate of drug-likeness (QED) is 0.484. The summed E-state index contributed by atoms with van der Waals surface area (Å²) in [5.41, 5.74) is 5.50. The molecule has 0 amide bonds. The molecule has 0 spiro atoms. The van der Waals surface area contributed by atoms with Crippen LogP contribution >= 0.6 is 0 Å². The van der Waals surface area contributed by atoms with Gasteiger partial charge in [0.1, 0.15) is 0 Å². The van der Waals surface area contributed by atoms with Crippen LogP contribution in [0.4, 0.5) is 5.69 Å². The standard InChI is InChI=1S/C23H23N5O2/c1-16-9-11-19(13-17(16)2)24-15-18-10-12-21(22(14-18)29-3)30-23-25-26-27-28(23)20-7-5-4-6-8-20/h4-14,24H,15H2,1-3H3. The second-order valence-electron chi connectivity index (χ2n) is 6.95. The van der Waals surface area contributed by atoms with E-state index in [1.54, 1.807) is 7.11 Å². The zero-order valence-electron chi connectivity index (χ0n) is 17.2. The van der Waals surface area contributed by atoms with E-state index in [0.29, 0.717) is 18.0 Å². The molecule has 0 saturated heterocycles. The Kier molecular flexibility index (Phi) is 5.61. The van der Waals surface area contributed by atoms with E-state index >= 15 is 0 Å². The van der Waals surface area contributed by atoms with Crippen LogP contribution in [0.25, 0.3) is 5.69 Å². The Labute approximate surface area is 175 Å². The summed E-state index contributed by atoms with van der Waals surface area (Å²) in [6.45, 7) is 4.89. The van der Waals surface area contributed by atoms with E-state index in [-0.39, 0.29) is 6.01 Å². The third-order valence-corrected chi connectivity index (χ3v) is 4.87. The lowest BCUT2D eigenvalue weighted by Crippen LogP contribution is -2.03. The van der Waals surface area contributed by atoms with Gasteiger partial charge >= 0.3 is 6.01 Å². The van der Waals surface area contributed by atoms with Crippen molar-refractivity contribution in [2.24, 2.45) is 0 Å². The first kappa shape index (κ1) is 19.4. The number of aromatic nitrogens is 4. The van der Waals surface area contributed by atoms with E-state index in [2.05, 4.69) is 52.9 Å². The van der Waals surface area contributed by atoms with Gasteiger partial charge in [0.2, 0.25) is 0 Å². The zero-order valence-corrected chi connectivity index (χ0v) is 17.2. The number of nitrogens with one attached hydrogen (secondary N) is 1. The largest absolute Gasteiger partial charge is 0.493 e. The number of rotatable bonds is 7. The number of hydrogen-bond donors (Lipinski definition) is 1. The lowest BCUT2D eigenvalue weighted by atomic mass is 10.1. The van der Waals surface area contributed by atoms with Crippen molar-refractivity contribution < 1.29 is 9.47 Å². The van der Waals surface area contributed by atoms with Crippen molar-refractivity contribution >= 4 is 5.69 Å². The highest BCUT2D eigenvalue weighted by Crippen LogP contribution is 2.32. The van der Waals surface area contributed by atoms with Gasteiger partial charge in [-0.2, -0.15) is 4.68 Å². The number of aryl methyl sites for hydroxylation is 2. The van der Waals surface area contributed by atoms with Gasteiger partial charge in [0.25, 0.3) is 0 Å². The van der Waals surface area contributed by atoms with Gasteiger partial charge in [-0.05, 0) is 77.4 Å². The first-order valence-corrected chi connectivity index (χ1v) is 9.64. The maximum absolute atomic E-state index is 5.95. The molecule has 7 nitrogen and oxygen atoms in total. The molecule has 4 aromatic rings. The molecule has 0 fully saturated rings. The average Bonchev–Trinajstić information content (AvgIpc) is 3.24. The van der Waals surface area contributed by atoms with Crippen LogP contribution in [0.1, 0.15) is 16.7 Å². The third-order valence-electron chi connectivity index (χ3n) is 4.87. The number of tetrazole rings is 1. The highest BCUT2D eigenvalue weighted by atomic mass is 16.5. The van der Waals surface area contributed by atoms with E-state index in [9.17, 15) is 0 Å². The zero-order chi connectivity index (χ0) is 20.9. The van der Waals surface area contributed by atoms with Crippen molar-refractivity contribution in [2.75, 3.05) is 12.4 Å². The van der Waals surface area contributed by atoms with Crippen LogP contribution in [0.3, 0.4) is 0 Å². The fourth-order valence-electron chi connectivity index (χ4n) is 3.03. The van der Waals surface area contributed by atoms with Crippen LogP contribution in [0, 0.1) is 13.8 Å². The molecule has 0 aliphatic heterocycles. The Morgan fingerprint density at radius 2 is 1.73 bits per heavy atom. The number of nitrogens with zero attached hydrogens (tertiary/aromatic N) is 4. The van der Waals surface area contributed by atoms with Crippen molar-refractivity contribution in [3.05, 3.63) is 83.4 Å². The van der Waals surface area contributed by atoms with Crippen LogP contribution in [0.15, 0.2) is 66.7 Å². The fourth-order valence-corrected chi connectivity index (χ4v) is 3.03. The predicted molar refractivity (Wildman–Crippen MR) is 115 cm³/mol. The summed E-state index contributed by atoms with van der Waals surface area (Å²) in [6, 6.07) is 22.0. The average molecular weight is 401 g/mol. The lowest BCUT2D eigenvalue weighted by Gasteiger charge is -2.13. The van der Waals surface area contributed by atoms with Crippen molar-refractivity contribution in [2.45, 2.75) is 20.4 Å². The Balaban J connectivity index is 1.51. The highest BCUT2D eigenvalue weighted by molar-refractivity contribution is 5.50. The molecule has 0 saturated carbocycles. The van der Waals surface area contributed by atoms with Gasteiger partial charge in [0.15, 0.2) is 11.5 Å². The number of anilines is 1. The summed E-state index contributed by atoms with van der Waals surface area (Å²) in [4.78, 5) is 0. The van der Waals surface area contributed by atoms with Crippen LogP contribution in [0.2, 0.25) is 0 Å². The molecule has 1 aromatic heterocycles. The fraction of sp³-hybridized carbons (Fsp3) is 0.174. The summed E-state index contributed by atoms with van der Waals surface area (Å²) < 4.78 is 13.0. The Bertz CT molecular complexity index is 1140. The summed E-state index contributed by atoms with van der Waals surface area (Å²) in [5, 5.41) is 15.2. The predicted octanol–water partition coefficient (Wildman–Crippen LogP) is 4.69. The second kappa shape index (κ2) is 8.65. The van der Waals surface area contributed by atoms with Crippen LogP contribution in [0.5, 0.6) is 17.5 Å². The van der Waals surface area contributed by atoms with Crippen LogP contribution in [-0.2, 0) is 6.54 Å². The molecule has 0 atom stereocenters. The summed E-state index contributed by atoms with van der Waals surface area (Å²) >= 11 is 0. The van der Waals surface area contributed by atoms with Gasteiger partial charge in [-0.1, -0.05) is 35.4 Å². The molecule has 1 heterocycles. The number of hydrogen-bond acceptors (Lipinski definition) is 6. The third kappa shape index (κ3) is 4.25. The van der Waals surface area contributed by atoms with Gasteiger partial charge in [0, 0.05) is 12.2 Å². The smallest absolute Gasteiger partial charge is 0.346 e. The molecular formula is C23H23N5O2. The topological polar surface area (TPSA) is 74.1 Å². The van der Waals surface area contributed by atoms with Gasteiger partial charge in [-0.25, -0.2) is 0 Å². The summed E-state index contributed by atoms with van der Waals surface area (Å²) in [6.07, 6.45) is 0. The number of para-hydroxylation sites is 1. The molecule has 0 aliphatic rings. The highest BCUT2D eigenvalue weighted by Gasteiger charge is 2.14. The Morgan fingerprint density at radius 3 is 2.50 bits per heavy atom. The Hall–Kier alpha value is -3.87. The van der Waals surface area contributed by atoms with Crippen molar-refractivity contribution in [3.63, 3.8) is 0 Å². The molecular weight excluding hydrogens is 378 g/mol. The first-order chi connectivity index (χ1) is 14.6. The maximum atomic E-state index is 5.95. The Morgan fingerprint density at radius 1 is 0.900 bits per heavy atom. The van der Waals surface area contributed by atoms with E-state index < -0.39 is 0 Å². The van der Waals surface area contributed by atoms with Gasteiger partial charge < -0.3 is 14.8 Å². The van der Waals surface area contributed by atoms with E-state index in [1.807, 2.05) is 48.5 Å². The normalized spacial score (nSPS) is 10.6. The van der Waals surface area contributed by atoms with Crippen molar-refractivity contribution in [1.29, 1.82) is 0 Å².